The van der Waals surface area contributed by atoms with E-state index in [4.69, 9.17) is 5.73 Å². The van der Waals surface area contributed by atoms with E-state index < -0.39 is 0 Å². The number of piperidine rings is 1. The van der Waals surface area contributed by atoms with E-state index in [0.29, 0.717) is 36.4 Å². The fraction of sp³-hybridized carbons (Fsp3) is 0.522. The molecule has 30 heavy (non-hydrogen) atoms. The molecule has 1 amide bonds. The summed E-state index contributed by atoms with van der Waals surface area (Å²) in [5.74, 6) is 0.0987. The number of primary amides is 1. The number of rotatable bonds is 5. The number of aromatic nitrogens is 3. The van der Waals surface area contributed by atoms with Gasteiger partial charge in [-0.2, -0.15) is 0 Å². The largest absolute Gasteiger partial charge is 0.366 e. The topological polar surface area (TPSA) is 77.0 Å². The van der Waals surface area contributed by atoms with Crippen molar-refractivity contribution in [3.63, 3.8) is 0 Å². The van der Waals surface area contributed by atoms with Gasteiger partial charge in [-0.15, -0.1) is 5.10 Å². The zero-order chi connectivity index (χ0) is 20.7. The number of fused-ring (bicyclic) bond motifs is 2. The van der Waals surface area contributed by atoms with Crippen LogP contribution in [-0.4, -0.2) is 37.9 Å². The Morgan fingerprint density at radius 2 is 1.97 bits per heavy atom. The highest BCUT2D eigenvalue weighted by molar-refractivity contribution is 5.92. The van der Waals surface area contributed by atoms with E-state index in [1.165, 1.54) is 18.4 Å². The number of nitrogens with zero attached hydrogens (tertiary/aromatic N) is 4. The predicted octanol–water partition coefficient (Wildman–Crippen LogP) is 3.87. The van der Waals surface area contributed by atoms with Crippen LogP contribution in [0.3, 0.4) is 0 Å². The monoisotopic (exact) mass is 409 g/mol. The highest BCUT2D eigenvalue weighted by Gasteiger charge is 2.41. The molecule has 2 N–H and O–H groups in total. The van der Waals surface area contributed by atoms with E-state index in [1.54, 1.807) is 12.1 Å². The number of hydrogen-bond donors (Lipinski definition) is 1. The van der Waals surface area contributed by atoms with Crippen LogP contribution in [0.2, 0.25) is 0 Å². The standard InChI is InChI=1S/C23H28FN5O/c24-18-4-6-20(7-5-18)29-14-19(26-27-29)13-28-21-8-9-22(28)12-17(11-21)15-2-1-3-16(10-15)23(25)30/h1-4,10,14,17,20-22H,5-9,11-13H2,(H2,25,30)/t17-,20?,21+,22-. The smallest absolute Gasteiger partial charge is 0.248 e. The van der Waals surface area contributed by atoms with Crippen LogP contribution >= 0.6 is 0 Å². The average molecular weight is 410 g/mol. The second kappa shape index (κ2) is 7.95. The Bertz CT molecular complexity index is 956. The van der Waals surface area contributed by atoms with E-state index in [9.17, 15) is 9.18 Å². The molecule has 2 aliphatic heterocycles. The number of nitrogens with two attached hydrogens (primary N) is 1. The molecular formula is C23H28FN5O. The lowest BCUT2D eigenvalue weighted by Crippen LogP contribution is -2.41. The molecule has 6 nitrogen and oxygen atoms in total. The number of allylic oxidation sites excluding steroid dienone is 2. The van der Waals surface area contributed by atoms with Crippen molar-refractivity contribution >= 4 is 5.91 Å². The molecule has 2 saturated heterocycles. The summed E-state index contributed by atoms with van der Waals surface area (Å²) in [6, 6.07) is 9.09. The third kappa shape index (κ3) is 3.78. The molecule has 1 aliphatic carbocycles. The molecule has 2 aromatic rings. The minimum atomic E-state index is -0.364. The second-order valence-electron chi connectivity index (χ2n) is 8.98. The van der Waals surface area contributed by atoms with Crippen LogP contribution in [0.4, 0.5) is 4.39 Å². The van der Waals surface area contributed by atoms with Gasteiger partial charge in [0.1, 0.15) is 0 Å². The number of hydrogen-bond acceptors (Lipinski definition) is 4. The van der Waals surface area contributed by atoms with E-state index in [0.717, 1.165) is 31.5 Å². The fourth-order valence-electron chi connectivity index (χ4n) is 5.53. The number of carbonyl (C=O) groups is 1. The average Bonchev–Trinajstić information content (AvgIpc) is 3.30. The van der Waals surface area contributed by atoms with Crippen LogP contribution in [0.15, 0.2) is 42.4 Å². The van der Waals surface area contributed by atoms with Crippen LogP contribution in [0.25, 0.3) is 0 Å². The molecule has 158 valence electrons. The first-order chi connectivity index (χ1) is 14.6. The Morgan fingerprint density at radius 3 is 2.67 bits per heavy atom. The zero-order valence-electron chi connectivity index (χ0n) is 17.1. The van der Waals surface area contributed by atoms with Gasteiger partial charge in [0, 0.05) is 30.6 Å². The molecule has 4 atom stereocenters. The van der Waals surface area contributed by atoms with Crippen molar-refractivity contribution in [2.24, 2.45) is 5.73 Å². The first-order valence-electron chi connectivity index (χ1n) is 11.0. The maximum absolute atomic E-state index is 13.3. The predicted molar refractivity (Wildman–Crippen MR) is 111 cm³/mol. The lowest BCUT2D eigenvalue weighted by molar-refractivity contribution is 0.0999. The summed E-state index contributed by atoms with van der Waals surface area (Å²) in [5.41, 5.74) is 8.28. The molecule has 0 spiro atoms. The maximum Gasteiger partial charge on any atom is 0.248 e. The Kier molecular flexibility index (Phi) is 5.15. The minimum Gasteiger partial charge on any atom is -0.366 e. The van der Waals surface area contributed by atoms with E-state index in [-0.39, 0.29) is 17.8 Å². The Labute approximate surface area is 175 Å². The molecule has 0 saturated carbocycles. The molecule has 3 aliphatic rings. The molecule has 3 heterocycles. The van der Waals surface area contributed by atoms with Gasteiger partial charge < -0.3 is 5.73 Å². The lowest BCUT2D eigenvalue weighted by Gasteiger charge is -2.38. The summed E-state index contributed by atoms with van der Waals surface area (Å²) in [6.45, 7) is 0.820. The summed E-state index contributed by atoms with van der Waals surface area (Å²) in [7, 11) is 0. The van der Waals surface area contributed by atoms with Crippen molar-refractivity contribution in [3.05, 3.63) is 59.2 Å². The van der Waals surface area contributed by atoms with Gasteiger partial charge in [0.05, 0.1) is 23.8 Å². The Hall–Kier alpha value is -2.54. The zero-order valence-corrected chi connectivity index (χ0v) is 17.1. The van der Waals surface area contributed by atoms with Gasteiger partial charge in [0.2, 0.25) is 5.91 Å². The molecule has 1 unspecified atom stereocenters. The van der Waals surface area contributed by atoms with Gasteiger partial charge in [-0.25, -0.2) is 9.07 Å². The van der Waals surface area contributed by atoms with Gasteiger partial charge >= 0.3 is 0 Å². The van der Waals surface area contributed by atoms with Gasteiger partial charge in [0.25, 0.3) is 0 Å². The van der Waals surface area contributed by atoms with Crippen molar-refractivity contribution in [1.82, 2.24) is 19.9 Å². The SMILES string of the molecule is NC(=O)c1cccc([C@H]2C[C@H]3CC[C@@H](C2)N3Cc2cn(C3CC=C(F)CC3)nn2)c1. The van der Waals surface area contributed by atoms with Gasteiger partial charge in [0.15, 0.2) is 0 Å². The molecular weight excluding hydrogens is 381 g/mol. The first-order valence-corrected chi connectivity index (χ1v) is 11.0. The fourth-order valence-corrected chi connectivity index (χ4v) is 5.53. The minimum absolute atomic E-state index is 0.00704. The second-order valence-corrected chi connectivity index (χ2v) is 8.98. The third-order valence-electron chi connectivity index (χ3n) is 7.13. The van der Waals surface area contributed by atoms with Gasteiger partial charge in [-0.3, -0.25) is 9.69 Å². The highest BCUT2D eigenvalue weighted by Crippen LogP contribution is 2.43. The van der Waals surface area contributed by atoms with Crippen LogP contribution in [0.5, 0.6) is 0 Å². The summed E-state index contributed by atoms with van der Waals surface area (Å²) in [4.78, 5) is 14.1. The Morgan fingerprint density at radius 1 is 1.17 bits per heavy atom. The molecule has 2 bridgehead atoms. The van der Waals surface area contributed by atoms with Crippen molar-refractivity contribution < 1.29 is 9.18 Å². The summed E-state index contributed by atoms with van der Waals surface area (Å²) in [6.07, 6.45) is 10.3. The van der Waals surface area contributed by atoms with E-state index in [1.807, 2.05) is 23.0 Å². The number of carbonyl (C=O) groups excluding carboxylic acids is 1. The lowest BCUT2D eigenvalue weighted by atomic mass is 9.84. The molecule has 7 heteroatoms. The Balaban J connectivity index is 1.25. The van der Waals surface area contributed by atoms with E-state index in [2.05, 4.69) is 21.3 Å². The van der Waals surface area contributed by atoms with Crippen LogP contribution < -0.4 is 5.73 Å². The van der Waals surface area contributed by atoms with Gasteiger partial charge in [-0.05, 0) is 62.1 Å². The molecule has 1 aromatic heterocycles. The quantitative estimate of drug-likeness (QED) is 0.813. The molecule has 1 aromatic carbocycles. The van der Waals surface area contributed by atoms with Crippen molar-refractivity contribution in [3.8, 4) is 0 Å². The maximum atomic E-state index is 13.3. The summed E-state index contributed by atoms with van der Waals surface area (Å²) >= 11 is 0. The van der Waals surface area contributed by atoms with Crippen LogP contribution in [0, 0.1) is 0 Å². The number of amides is 1. The van der Waals surface area contributed by atoms with Crippen molar-refractivity contribution in [1.29, 1.82) is 0 Å². The third-order valence-corrected chi connectivity index (χ3v) is 7.13. The number of halogens is 1. The number of benzene rings is 1. The van der Waals surface area contributed by atoms with Crippen molar-refractivity contribution in [2.75, 3.05) is 0 Å². The summed E-state index contributed by atoms with van der Waals surface area (Å²) in [5, 5.41) is 8.75. The first kappa shape index (κ1) is 19.4. The van der Waals surface area contributed by atoms with Crippen LogP contribution in [0.1, 0.15) is 78.5 Å². The normalized spacial score (nSPS) is 29.0. The highest BCUT2D eigenvalue weighted by atomic mass is 19.1. The molecule has 5 rings (SSSR count). The molecule has 2 fully saturated rings. The van der Waals surface area contributed by atoms with Crippen LogP contribution in [-0.2, 0) is 6.54 Å². The molecule has 0 radical (unpaired) electrons. The summed E-state index contributed by atoms with van der Waals surface area (Å²) < 4.78 is 15.2. The van der Waals surface area contributed by atoms with Crippen molar-refractivity contribution in [2.45, 2.75) is 75.5 Å². The van der Waals surface area contributed by atoms with Gasteiger partial charge in [-0.1, -0.05) is 23.4 Å². The van der Waals surface area contributed by atoms with E-state index >= 15 is 0 Å².